The van der Waals surface area contributed by atoms with E-state index in [1.807, 2.05) is 6.07 Å². The first-order chi connectivity index (χ1) is 13.6. The number of rotatable bonds is 6. The highest BCUT2D eigenvalue weighted by Crippen LogP contribution is 2.23. The van der Waals surface area contributed by atoms with E-state index >= 15 is 0 Å². The highest BCUT2D eigenvalue weighted by Gasteiger charge is 2.11. The molecule has 1 aromatic heterocycles. The van der Waals surface area contributed by atoms with Gasteiger partial charge in [0, 0.05) is 5.69 Å². The van der Waals surface area contributed by atoms with E-state index in [9.17, 15) is 9.59 Å². The molecule has 0 radical (unpaired) electrons. The summed E-state index contributed by atoms with van der Waals surface area (Å²) in [5, 5.41) is 13.7. The van der Waals surface area contributed by atoms with E-state index in [1.54, 1.807) is 54.6 Å². The molecule has 28 heavy (non-hydrogen) atoms. The Hall–Kier alpha value is -3.94. The minimum absolute atomic E-state index is 0.164. The maximum atomic E-state index is 12.3. The minimum atomic E-state index is -0.406. The van der Waals surface area contributed by atoms with E-state index in [0.29, 0.717) is 28.5 Å². The second-order valence-corrected chi connectivity index (χ2v) is 5.65. The van der Waals surface area contributed by atoms with Gasteiger partial charge in [-0.3, -0.25) is 4.79 Å². The summed E-state index contributed by atoms with van der Waals surface area (Å²) in [5.41, 5.74) is 1.87. The van der Waals surface area contributed by atoms with Crippen molar-refractivity contribution in [3.05, 3.63) is 71.9 Å². The zero-order chi connectivity index (χ0) is 19.9. The fraction of sp³-hybridized carbons (Fsp3) is 0.100. The Balaban J connectivity index is 1.66. The Morgan fingerprint density at radius 1 is 0.893 bits per heavy atom. The number of hydrogen-bond donors (Lipinski definition) is 2. The lowest BCUT2D eigenvalue weighted by Gasteiger charge is -2.09. The summed E-state index contributed by atoms with van der Waals surface area (Å²) in [4.78, 5) is 23.8. The van der Waals surface area contributed by atoms with Crippen LogP contribution in [0.25, 0.3) is 0 Å². The number of benzene rings is 2. The number of carbonyl (C=O) groups is 2. The number of methoxy groups -OCH3 is 2. The van der Waals surface area contributed by atoms with Gasteiger partial charge in [-0.2, -0.15) is 0 Å². The molecule has 0 saturated heterocycles. The van der Waals surface area contributed by atoms with Crippen molar-refractivity contribution >= 4 is 29.1 Å². The summed E-state index contributed by atoms with van der Waals surface area (Å²) in [6.45, 7) is 0. The van der Waals surface area contributed by atoms with Gasteiger partial charge in [-0.15, -0.1) is 10.2 Å². The van der Waals surface area contributed by atoms with Crippen LogP contribution >= 0.6 is 0 Å². The molecule has 3 rings (SSSR count). The molecule has 0 aliphatic heterocycles. The van der Waals surface area contributed by atoms with Crippen molar-refractivity contribution in [2.24, 2.45) is 0 Å². The van der Waals surface area contributed by atoms with Crippen LogP contribution in [-0.4, -0.2) is 36.3 Å². The third-order valence-electron chi connectivity index (χ3n) is 3.83. The van der Waals surface area contributed by atoms with Crippen molar-refractivity contribution < 1.29 is 19.1 Å². The molecule has 0 spiro atoms. The van der Waals surface area contributed by atoms with Crippen LogP contribution in [0.1, 0.15) is 20.8 Å². The predicted molar refractivity (Wildman–Crippen MR) is 104 cm³/mol. The van der Waals surface area contributed by atoms with Crippen molar-refractivity contribution in [1.29, 1.82) is 0 Å². The Morgan fingerprint density at radius 2 is 1.64 bits per heavy atom. The quantitative estimate of drug-likeness (QED) is 0.635. The van der Waals surface area contributed by atoms with E-state index in [0.717, 1.165) is 0 Å². The van der Waals surface area contributed by atoms with Gasteiger partial charge in [-0.25, -0.2) is 4.79 Å². The molecular weight excluding hydrogens is 360 g/mol. The van der Waals surface area contributed by atoms with E-state index in [2.05, 4.69) is 25.6 Å². The van der Waals surface area contributed by atoms with Crippen LogP contribution in [0.2, 0.25) is 0 Å². The van der Waals surface area contributed by atoms with Gasteiger partial charge in [-0.05, 0) is 48.5 Å². The Kier molecular flexibility index (Phi) is 5.81. The van der Waals surface area contributed by atoms with Crippen LogP contribution < -0.4 is 15.4 Å². The molecule has 0 fully saturated rings. The second kappa shape index (κ2) is 8.63. The molecule has 0 bridgehead atoms. The average Bonchev–Trinajstić information content (AvgIpc) is 2.74. The number of nitrogens with one attached hydrogen (secondary N) is 2. The average molecular weight is 378 g/mol. The number of aromatic nitrogens is 2. The molecule has 0 saturated carbocycles. The molecule has 1 heterocycles. The van der Waals surface area contributed by atoms with Gasteiger partial charge in [0.1, 0.15) is 5.75 Å². The zero-order valence-corrected chi connectivity index (χ0v) is 15.3. The summed E-state index contributed by atoms with van der Waals surface area (Å²) >= 11 is 0. The van der Waals surface area contributed by atoms with Gasteiger partial charge in [0.15, 0.2) is 11.5 Å². The monoisotopic (exact) mass is 378 g/mol. The number of nitrogens with zero attached hydrogens (tertiary/aromatic N) is 2. The minimum Gasteiger partial charge on any atom is -0.495 e. The first-order valence-electron chi connectivity index (χ1n) is 8.34. The number of anilines is 3. The van der Waals surface area contributed by atoms with Crippen LogP contribution in [0.4, 0.5) is 17.2 Å². The molecule has 0 aliphatic carbocycles. The van der Waals surface area contributed by atoms with E-state index in [-0.39, 0.29) is 5.69 Å². The fourth-order valence-electron chi connectivity index (χ4n) is 2.41. The highest BCUT2D eigenvalue weighted by molar-refractivity contribution is 6.03. The molecule has 2 N–H and O–H groups in total. The van der Waals surface area contributed by atoms with Gasteiger partial charge in [0.2, 0.25) is 0 Å². The lowest BCUT2D eigenvalue weighted by molar-refractivity contribution is 0.0600. The molecule has 0 aliphatic rings. The number of esters is 1. The van der Waals surface area contributed by atoms with Gasteiger partial charge in [0.05, 0.1) is 25.5 Å². The molecule has 8 heteroatoms. The van der Waals surface area contributed by atoms with Crippen molar-refractivity contribution in [2.75, 3.05) is 24.9 Å². The maximum Gasteiger partial charge on any atom is 0.337 e. The first-order valence-corrected chi connectivity index (χ1v) is 8.34. The number of carbonyl (C=O) groups excluding carboxylic acids is 2. The van der Waals surface area contributed by atoms with Gasteiger partial charge >= 0.3 is 5.97 Å². The Morgan fingerprint density at radius 3 is 2.29 bits per heavy atom. The first kappa shape index (κ1) is 18.8. The van der Waals surface area contributed by atoms with Gasteiger partial charge in [-0.1, -0.05) is 12.1 Å². The van der Waals surface area contributed by atoms with Crippen LogP contribution in [0.3, 0.4) is 0 Å². The second-order valence-electron chi connectivity index (χ2n) is 5.65. The molecule has 8 nitrogen and oxygen atoms in total. The SMILES string of the molecule is COC(=O)c1ccc(Nc2ccc(C(=O)Nc3ccccc3OC)nn2)cc1. The van der Waals surface area contributed by atoms with Gasteiger partial charge in [0.25, 0.3) is 5.91 Å². The van der Waals surface area contributed by atoms with Crippen molar-refractivity contribution in [1.82, 2.24) is 10.2 Å². The molecule has 142 valence electrons. The molecular formula is C20H18N4O4. The lowest BCUT2D eigenvalue weighted by Crippen LogP contribution is -2.15. The summed E-state index contributed by atoms with van der Waals surface area (Å²) in [7, 11) is 2.86. The predicted octanol–water partition coefficient (Wildman–Crippen LogP) is 3.27. The summed E-state index contributed by atoms with van der Waals surface area (Å²) in [6, 6.07) is 17.0. The Bertz CT molecular complexity index is 972. The lowest BCUT2D eigenvalue weighted by atomic mass is 10.2. The normalized spacial score (nSPS) is 10.1. The van der Waals surface area contributed by atoms with Gasteiger partial charge < -0.3 is 20.1 Å². The Labute approximate surface area is 161 Å². The highest BCUT2D eigenvalue weighted by atomic mass is 16.5. The molecule has 0 atom stereocenters. The summed E-state index contributed by atoms with van der Waals surface area (Å²) < 4.78 is 9.87. The molecule has 0 unspecified atom stereocenters. The molecule has 1 amide bonds. The van der Waals surface area contributed by atoms with E-state index in [4.69, 9.17) is 4.74 Å². The van der Waals surface area contributed by atoms with Crippen LogP contribution in [-0.2, 0) is 4.74 Å². The van der Waals surface area contributed by atoms with Crippen molar-refractivity contribution in [2.45, 2.75) is 0 Å². The number of amides is 1. The number of para-hydroxylation sites is 2. The summed E-state index contributed by atoms with van der Waals surface area (Å²) in [6.07, 6.45) is 0. The largest absolute Gasteiger partial charge is 0.495 e. The number of ether oxygens (including phenoxy) is 2. The standard InChI is InChI=1S/C20H18N4O4/c1-27-17-6-4-3-5-15(17)22-19(25)16-11-12-18(24-23-16)21-14-9-7-13(8-10-14)20(26)28-2/h3-12H,1-2H3,(H,21,24)(H,22,25). The summed E-state index contributed by atoms with van der Waals surface area (Å²) in [5.74, 6) is 0.208. The fourth-order valence-corrected chi connectivity index (χ4v) is 2.41. The third kappa shape index (κ3) is 4.42. The maximum absolute atomic E-state index is 12.3. The van der Waals surface area contributed by atoms with Crippen molar-refractivity contribution in [3.8, 4) is 5.75 Å². The number of hydrogen-bond acceptors (Lipinski definition) is 7. The molecule has 2 aromatic carbocycles. The smallest absolute Gasteiger partial charge is 0.337 e. The van der Waals surface area contributed by atoms with E-state index < -0.39 is 11.9 Å². The van der Waals surface area contributed by atoms with E-state index in [1.165, 1.54) is 14.2 Å². The van der Waals surface area contributed by atoms with Crippen LogP contribution in [0, 0.1) is 0 Å². The third-order valence-corrected chi connectivity index (χ3v) is 3.83. The van der Waals surface area contributed by atoms with Crippen LogP contribution in [0.5, 0.6) is 5.75 Å². The topological polar surface area (TPSA) is 102 Å². The zero-order valence-electron chi connectivity index (χ0n) is 15.3. The van der Waals surface area contributed by atoms with Crippen LogP contribution in [0.15, 0.2) is 60.7 Å². The van der Waals surface area contributed by atoms with Crippen molar-refractivity contribution in [3.63, 3.8) is 0 Å². The molecule has 3 aromatic rings.